The van der Waals surface area contributed by atoms with Gasteiger partial charge in [-0.2, -0.15) is 0 Å². The summed E-state index contributed by atoms with van der Waals surface area (Å²) in [6.07, 6.45) is 6.28. The number of nitrogens with one attached hydrogen (secondary N) is 2. The van der Waals surface area contributed by atoms with Crippen LogP contribution in [0.3, 0.4) is 0 Å². The fourth-order valence-electron chi connectivity index (χ4n) is 6.27. The summed E-state index contributed by atoms with van der Waals surface area (Å²) in [5, 5.41) is 13.6. The first-order valence-corrected chi connectivity index (χ1v) is 13.7. The number of carbonyl (C=O) groups is 2. The molecule has 1 aromatic carbocycles. The number of primary amides is 1. The number of H-pyrrole nitrogens is 1. The molecule has 0 spiro atoms. The monoisotopic (exact) mass is 565 g/mol. The molecule has 10 nitrogen and oxygen atoms in total. The van der Waals surface area contributed by atoms with Crippen LogP contribution in [0.25, 0.3) is 22.6 Å². The number of aromatic nitrogens is 3. The van der Waals surface area contributed by atoms with E-state index >= 15 is 0 Å². The van der Waals surface area contributed by atoms with E-state index in [0.717, 1.165) is 25.1 Å². The van der Waals surface area contributed by atoms with Crippen molar-refractivity contribution in [1.29, 1.82) is 0 Å². The molecule has 1 aliphatic heterocycles. The van der Waals surface area contributed by atoms with Crippen LogP contribution in [-0.4, -0.2) is 86.5 Å². The van der Waals surface area contributed by atoms with Crippen LogP contribution in [0.1, 0.15) is 31.1 Å². The van der Waals surface area contributed by atoms with Crippen molar-refractivity contribution in [3.63, 3.8) is 0 Å². The maximum Gasteiger partial charge on any atom is 0.253 e. The number of hydrogen-bond acceptors (Lipinski definition) is 7. The van der Waals surface area contributed by atoms with Crippen molar-refractivity contribution in [3.8, 4) is 11.4 Å². The average Bonchev–Trinajstić information content (AvgIpc) is 3.65. The number of β-amino-alcohol motifs (C(OH)–C–C–N with tert-alkyl or cyclic N) is 1. The third kappa shape index (κ3) is 5.18. The minimum Gasteiger partial charge on any atom is -0.392 e. The Bertz CT molecular complexity index is 1450. The number of piperazine rings is 1. The molecule has 3 aromatic rings. The Labute approximate surface area is 238 Å². The molecule has 5 atom stereocenters. The number of allylic oxidation sites excluding steroid dienone is 1. The van der Waals surface area contributed by atoms with E-state index in [0.29, 0.717) is 52.9 Å². The molecule has 2 fully saturated rings. The molecule has 212 valence electrons. The molecule has 2 amide bonds. The quantitative estimate of drug-likeness (QED) is 0.323. The first-order valence-electron chi connectivity index (χ1n) is 13.4. The number of nitrogens with two attached hydrogens (primary N) is 1. The molecule has 11 heteroatoms. The summed E-state index contributed by atoms with van der Waals surface area (Å²) in [5.41, 5.74) is 8.85. The molecule has 2 aromatic heterocycles. The van der Waals surface area contributed by atoms with E-state index in [1.54, 1.807) is 13.1 Å². The molecule has 2 bridgehead atoms. The van der Waals surface area contributed by atoms with Gasteiger partial charge in [-0.05, 0) is 37.3 Å². The molecule has 5 N–H and O–H groups in total. The Morgan fingerprint density at radius 3 is 2.70 bits per heavy atom. The van der Waals surface area contributed by atoms with Crippen molar-refractivity contribution >= 4 is 40.3 Å². The van der Waals surface area contributed by atoms with Gasteiger partial charge in [0.15, 0.2) is 5.65 Å². The minimum absolute atomic E-state index is 0. The Balaban J connectivity index is 0.00000323. The zero-order chi connectivity index (χ0) is 27.3. The molecule has 2 aliphatic carbocycles. The van der Waals surface area contributed by atoms with E-state index in [1.165, 1.54) is 0 Å². The van der Waals surface area contributed by atoms with E-state index in [1.807, 2.05) is 29.2 Å². The van der Waals surface area contributed by atoms with Crippen molar-refractivity contribution in [2.24, 2.45) is 23.5 Å². The Morgan fingerprint density at radius 1 is 1.23 bits per heavy atom. The summed E-state index contributed by atoms with van der Waals surface area (Å²) >= 11 is 6.58. The number of carbonyl (C=O) groups excluding carboxylic acids is 2. The van der Waals surface area contributed by atoms with E-state index < -0.39 is 0 Å². The Morgan fingerprint density at radius 2 is 1.98 bits per heavy atom. The normalized spacial score (nSPS) is 24.7. The second-order valence-electron chi connectivity index (χ2n) is 10.8. The van der Waals surface area contributed by atoms with Gasteiger partial charge in [0.1, 0.15) is 11.3 Å². The second kappa shape index (κ2) is 11.2. The number of amides is 2. The van der Waals surface area contributed by atoms with Crippen molar-refractivity contribution in [1.82, 2.24) is 24.8 Å². The summed E-state index contributed by atoms with van der Waals surface area (Å²) in [7, 11) is 0. The number of aliphatic hydroxyl groups excluding tert-OH is 1. The lowest BCUT2D eigenvalue weighted by Crippen LogP contribution is -2.50. The molecular weight excluding hydrogens is 530 g/mol. The predicted octanol–water partition coefficient (Wildman–Crippen LogP) is 3.14. The van der Waals surface area contributed by atoms with Crippen LogP contribution in [0.15, 0.2) is 42.6 Å². The maximum atomic E-state index is 13.3. The van der Waals surface area contributed by atoms with Gasteiger partial charge in [-0.15, -0.1) is 0 Å². The van der Waals surface area contributed by atoms with E-state index in [-0.39, 0.29) is 49.1 Å². The third-order valence-corrected chi connectivity index (χ3v) is 8.42. The molecular formula is C29H36ClN7O3. The molecule has 6 rings (SSSR count). The lowest BCUT2D eigenvalue weighted by molar-refractivity contribution is -0.122. The van der Waals surface area contributed by atoms with Gasteiger partial charge in [-0.3, -0.25) is 14.5 Å². The maximum absolute atomic E-state index is 13.3. The molecule has 3 aliphatic rings. The first-order chi connectivity index (χ1) is 18.8. The van der Waals surface area contributed by atoms with Crippen LogP contribution in [-0.2, 0) is 4.79 Å². The zero-order valence-electron chi connectivity index (χ0n) is 21.7. The molecule has 3 heterocycles. The zero-order valence-corrected chi connectivity index (χ0v) is 22.4. The highest BCUT2D eigenvalue weighted by atomic mass is 35.5. The number of nitrogens with zero attached hydrogens (tertiary/aromatic N) is 4. The first kappa shape index (κ1) is 28.1. The van der Waals surface area contributed by atoms with Crippen molar-refractivity contribution in [2.75, 3.05) is 38.0 Å². The number of pyridine rings is 1. The van der Waals surface area contributed by atoms with Gasteiger partial charge < -0.3 is 26.0 Å². The molecule has 5 unspecified atom stereocenters. The second-order valence-corrected chi connectivity index (χ2v) is 11.2. The minimum atomic E-state index is -0.387. The van der Waals surface area contributed by atoms with Crippen LogP contribution in [0.5, 0.6) is 0 Å². The van der Waals surface area contributed by atoms with Crippen LogP contribution in [0, 0.1) is 17.8 Å². The summed E-state index contributed by atoms with van der Waals surface area (Å²) in [4.78, 5) is 41.9. The van der Waals surface area contributed by atoms with Crippen LogP contribution in [0.2, 0.25) is 5.02 Å². The third-order valence-electron chi connectivity index (χ3n) is 8.14. The van der Waals surface area contributed by atoms with Gasteiger partial charge in [0.25, 0.3) is 5.91 Å². The van der Waals surface area contributed by atoms with Gasteiger partial charge in [-0.25, -0.2) is 9.97 Å². The highest BCUT2D eigenvalue weighted by Crippen LogP contribution is 2.46. The number of rotatable bonds is 7. The summed E-state index contributed by atoms with van der Waals surface area (Å²) in [5.74, 6) is 0.249. The topological polar surface area (TPSA) is 140 Å². The summed E-state index contributed by atoms with van der Waals surface area (Å²) in [6.45, 7) is 5.08. The number of fused-ring (bicyclic) bond motifs is 3. The smallest absolute Gasteiger partial charge is 0.253 e. The largest absolute Gasteiger partial charge is 0.392 e. The van der Waals surface area contributed by atoms with Gasteiger partial charge in [0.05, 0.1) is 28.9 Å². The SMILES string of the molecule is C.CC(O)CN1CCN(C(=O)c2cccc(-c3nc4ncc(Cl)c(NC5C6C=CC(C6)C5C(N)=O)c4[nH]3)c2)CC1. The average molecular weight is 566 g/mol. The van der Waals surface area contributed by atoms with E-state index in [4.69, 9.17) is 17.3 Å². The van der Waals surface area contributed by atoms with Crippen molar-refractivity contribution < 1.29 is 14.7 Å². The molecule has 1 saturated heterocycles. The fourth-order valence-corrected chi connectivity index (χ4v) is 6.47. The lowest BCUT2D eigenvalue weighted by Gasteiger charge is -2.35. The number of imidazole rings is 1. The number of benzene rings is 1. The molecule has 40 heavy (non-hydrogen) atoms. The fraction of sp³-hybridized carbons (Fsp3) is 0.448. The van der Waals surface area contributed by atoms with Gasteiger partial charge >= 0.3 is 0 Å². The number of hydrogen-bond donors (Lipinski definition) is 4. The lowest BCUT2D eigenvalue weighted by atomic mass is 9.88. The van der Waals surface area contributed by atoms with Gasteiger partial charge in [0.2, 0.25) is 5.91 Å². The van der Waals surface area contributed by atoms with Crippen LogP contribution >= 0.6 is 11.6 Å². The van der Waals surface area contributed by atoms with Crippen molar-refractivity contribution in [2.45, 2.75) is 32.9 Å². The standard InChI is InChI=1S/C28H32ClN7O3.CH4/c1-15(37)14-35-7-9-36(10-8-35)28(39)19-4-2-3-18(12-19)26-33-24-23(20(29)13-31-27(24)34-26)32-22-17-6-5-16(11-17)21(22)25(30)38;/h2-6,12-13,15-17,21-22,37H,7-11,14H2,1H3,(H2,30,38)(H2,31,32,33,34);1H4. The van der Waals surface area contributed by atoms with Crippen LogP contribution < -0.4 is 11.1 Å². The van der Waals surface area contributed by atoms with Crippen LogP contribution in [0.4, 0.5) is 5.69 Å². The highest BCUT2D eigenvalue weighted by Gasteiger charge is 2.47. The Kier molecular flexibility index (Phi) is 7.85. The molecule has 1 saturated carbocycles. The van der Waals surface area contributed by atoms with E-state index in [9.17, 15) is 14.7 Å². The van der Waals surface area contributed by atoms with Gasteiger partial charge in [0, 0.05) is 49.9 Å². The number of halogens is 1. The number of anilines is 1. The predicted molar refractivity (Wildman–Crippen MR) is 156 cm³/mol. The highest BCUT2D eigenvalue weighted by molar-refractivity contribution is 6.34. The summed E-state index contributed by atoms with van der Waals surface area (Å²) in [6, 6.07) is 7.23. The van der Waals surface area contributed by atoms with Gasteiger partial charge in [-0.1, -0.05) is 43.3 Å². The Hall–Kier alpha value is -3.47. The molecule has 0 radical (unpaired) electrons. The number of aliphatic hydroxyl groups is 1. The summed E-state index contributed by atoms with van der Waals surface area (Å²) < 4.78 is 0. The number of aromatic amines is 1. The van der Waals surface area contributed by atoms with E-state index in [2.05, 4.69) is 37.3 Å². The van der Waals surface area contributed by atoms with Crippen molar-refractivity contribution in [3.05, 3.63) is 53.2 Å².